The molecule has 0 spiro atoms. The van der Waals surface area contributed by atoms with Gasteiger partial charge in [0.15, 0.2) is 5.75 Å². The highest BCUT2D eigenvalue weighted by Gasteiger charge is 2.38. The number of sulfonamides is 1. The van der Waals surface area contributed by atoms with Gasteiger partial charge in [-0.3, -0.25) is 9.29 Å². The number of alkyl halides is 3. The van der Waals surface area contributed by atoms with Crippen molar-refractivity contribution in [1.29, 1.82) is 0 Å². The lowest BCUT2D eigenvalue weighted by molar-refractivity contribution is -0.106. The third kappa shape index (κ3) is 4.45. The summed E-state index contributed by atoms with van der Waals surface area (Å²) < 4.78 is 62.7. The van der Waals surface area contributed by atoms with Crippen LogP contribution in [0.5, 0.6) is 0 Å². The zero-order chi connectivity index (χ0) is 16.2. The Morgan fingerprint density at radius 1 is 1.05 bits per heavy atom. The van der Waals surface area contributed by atoms with Gasteiger partial charge < -0.3 is 0 Å². The molecule has 8 heteroatoms. The molecule has 1 heterocycles. The largest absolute Gasteiger partial charge is 0.404 e. The van der Waals surface area contributed by atoms with Gasteiger partial charge in [-0.25, -0.2) is 8.42 Å². The molecule has 118 valence electrons. The zero-order valence-electron chi connectivity index (χ0n) is 11.4. The number of rotatable bonds is 5. The zero-order valence-corrected chi connectivity index (χ0v) is 12.2. The summed E-state index contributed by atoms with van der Waals surface area (Å²) in [6, 6.07) is 10.9. The molecular weight excluding hydrogens is 317 g/mol. The van der Waals surface area contributed by atoms with E-state index in [-0.39, 0.29) is 12.2 Å². The Bertz CT molecular complexity index is 704. The standard InChI is InChI=1S/C14H13F3N2O2S/c15-14(16,17)11-22(20,21)19(13-6-2-1-3-7-13)10-12-5-4-8-18-9-12/h1-9H,10-11H2. The molecule has 1 aromatic carbocycles. The van der Waals surface area contributed by atoms with Crippen molar-refractivity contribution in [3.05, 3.63) is 60.4 Å². The average molecular weight is 330 g/mol. The first-order chi connectivity index (χ1) is 10.3. The Morgan fingerprint density at radius 3 is 2.27 bits per heavy atom. The van der Waals surface area contributed by atoms with Crippen LogP contribution in [0.1, 0.15) is 5.56 Å². The summed E-state index contributed by atoms with van der Waals surface area (Å²) in [6.07, 6.45) is -1.89. The van der Waals surface area contributed by atoms with Crippen LogP contribution in [0.15, 0.2) is 54.9 Å². The second-order valence-electron chi connectivity index (χ2n) is 4.57. The quantitative estimate of drug-likeness (QED) is 0.847. The second-order valence-corrected chi connectivity index (χ2v) is 6.47. The van der Waals surface area contributed by atoms with Crippen LogP contribution in [-0.2, 0) is 16.6 Å². The fourth-order valence-corrected chi connectivity index (χ4v) is 3.24. The van der Waals surface area contributed by atoms with Gasteiger partial charge >= 0.3 is 6.18 Å². The third-order valence-electron chi connectivity index (χ3n) is 2.77. The number of halogens is 3. The van der Waals surface area contributed by atoms with Gasteiger partial charge in [0, 0.05) is 12.4 Å². The molecular formula is C14H13F3N2O2S. The molecule has 0 aliphatic heterocycles. The minimum absolute atomic E-state index is 0.176. The maximum Gasteiger partial charge on any atom is 0.404 e. The first kappa shape index (κ1) is 16.3. The molecule has 0 N–H and O–H groups in total. The molecule has 0 saturated carbocycles. The lowest BCUT2D eigenvalue weighted by atomic mass is 10.2. The Morgan fingerprint density at radius 2 is 1.73 bits per heavy atom. The summed E-state index contributed by atoms with van der Waals surface area (Å²) in [4.78, 5) is 3.84. The molecule has 0 amide bonds. The highest BCUT2D eigenvalue weighted by Crippen LogP contribution is 2.25. The summed E-state index contributed by atoms with van der Waals surface area (Å²) in [6.45, 7) is -0.212. The van der Waals surface area contributed by atoms with E-state index < -0.39 is 22.0 Å². The van der Waals surface area contributed by atoms with Crippen molar-refractivity contribution in [1.82, 2.24) is 4.98 Å². The van der Waals surface area contributed by atoms with E-state index in [0.29, 0.717) is 5.56 Å². The van der Waals surface area contributed by atoms with Crippen molar-refractivity contribution >= 4 is 15.7 Å². The van der Waals surface area contributed by atoms with Crippen LogP contribution in [-0.4, -0.2) is 25.3 Å². The second kappa shape index (κ2) is 6.35. The van der Waals surface area contributed by atoms with Crippen LogP contribution in [0, 0.1) is 0 Å². The summed E-state index contributed by atoms with van der Waals surface area (Å²) in [5.74, 6) is -1.91. The molecule has 0 saturated heterocycles. The molecule has 4 nitrogen and oxygen atoms in total. The van der Waals surface area contributed by atoms with E-state index in [9.17, 15) is 21.6 Å². The molecule has 0 fully saturated rings. The van der Waals surface area contributed by atoms with Crippen molar-refractivity contribution in [3.63, 3.8) is 0 Å². The third-order valence-corrected chi connectivity index (χ3v) is 4.48. The Balaban J connectivity index is 2.38. The van der Waals surface area contributed by atoms with E-state index in [1.54, 1.807) is 30.3 Å². The maximum atomic E-state index is 12.5. The van der Waals surface area contributed by atoms with E-state index in [4.69, 9.17) is 0 Å². The van der Waals surface area contributed by atoms with Gasteiger partial charge in [-0.15, -0.1) is 0 Å². The van der Waals surface area contributed by atoms with Crippen LogP contribution in [0.2, 0.25) is 0 Å². The number of benzene rings is 1. The van der Waals surface area contributed by atoms with Gasteiger partial charge in [-0.1, -0.05) is 24.3 Å². The minimum Gasteiger partial charge on any atom is -0.265 e. The summed E-state index contributed by atoms with van der Waals surface area (Å²) >= 11 is 0. The molecule has 0 aliphatic rings. The number of anilines is 1. The molecule has 0 aliphatic carbocycles. The number of aromatic nitrogens is 1. The monoisotopic (exact) mass is 330 g/mol. The van der Waals surface area contributed by atoms with E-state index >= 15 is 0 Å². The van der Waals surface area contributed by atoms with Crippen LogP contribution >= 0.6 is 0 Å². The van der Waals surface area contributed by atoms with Crippen LogP contribution in [0.4, 0.5) is 18.9 Å². The summed E-state index contributed by atoms with van der Waals surface area (Å²) in [5, 5.41) is 0. The lowest BCUT2D eigenvalue weighted by Gasteiger charge is -2.25. The number of para-hydroxylation sites is 1. The van der Waals surface area contributed by atoms with Crippen molar-refractivity contribution in [2.24, 2.45) is 0 Å². The molecule has 22 heavy (non-hydrogen) atoms. The molecule has 0 atom stereocenters. The highest BCUT2D eigenvalue weighted by molar-refractivity contribution is 7.92. The predicted octanol–water partition coefficient (Wildman–Crippen LogP) is 2.98. The minimum atomic E-state index is -4.80. The molecule has 0 bridgehead atoms. The van der Waals surface area contributed by atoms with Gasteiger partial charge in [0.1, 0.15) is 0 Å². The van der Waals surface area contributed by atoms with E-state index in [2.05, 4.69) is 4.98 Å². The smallest absolute Gasteiger partial charge is 0.265 e. The number of nitrogens with zero attached hydrogens (tertiary/aromatic N) is 2. The van der Waals surface area contributed by atoms with Gasteiger partial charge in [-0.2, -0.15) is 13.2 Å². The predicted molar refractivity (Wildman–Crippen MR) is 76.7 cm³/mol. The Hall–Kier alpha value is -2.09. The van der Waals surface area contributed by atoms with Crippen molar-refractivity contribution in [2.75, 3.05) is 10.1 Å². The SMILES string of the molecule is O=S(=O)(CC(F)(F)F)N(Cc1cccnc1)c1ccccc1. The molecule has 0 unspecified atom stereocenters. The lowest BCUT2D eigenvalue weighted by Crippen LogP contribution is -2.37. The maximum absolute atomic E-state index is 12.5. The molecule has 1 aromatic heterocycles. The summed E-state index contributed by atoms with van der Waals surface area (Å²) in [5.41, 5.74) is 0.674. The van der Waals surface area contributed by atoms with Crippen molar-refractivity contribution in [2.45, 2.75) is 12.7 Å². The molecule has 2 rings (SSSR count). The van der Waals surface area contributed by atoms with Crippen molar-refractivity contribution in [3.8, 4) is 0 Å². The van der Waals surface area contributed by atoms with E-state index in [0.717, 1.165) is 4.31 Å². The Kier molecular flexibility index (Phi) is 4.70. The van der Waals surface area contributed by atoms with E-state index in [1.165, 1.54) is 24.5 Å². The highest BCUT2D eigenvalue weighted by atomic mass is 32.2. The fraction of sp³-hybridized carbons (Fsp3) is 0.214. The topological polar surface area (TPSA) is 50.3 Å². The fourth-order valence-electron chi connectivity index (χ4n) is 1.89. The number of hydrogen-bond acceptors (Lipinski definition) is 3. The number of pyridine rings is 1. The van der Waals surface area contributed by atoms with Gasteiger partial charge in [0.25, 0.3) is 0 Å². The van der Waals surface area contributed by atoms with Crippen LogP contribution in [0.25, 0.3) is 0 Å². The van der Waals surface area contributed by atoms with E-state index in [1.807, 2.05) is 0 Å². The first-order valence-corrected chi connectivity index (χ1v) is 7.90. The number of hydrogen-bond donors (Lipinski definition) is 0. The Labute approximate surface area is 126 Å². The summed E-state index contributed by atoms with van der Waals surface area (Å²) in [7, 11) is -4.55. The molecule has 0 radical (unpaired) electrons. The molecule has 2 aromatic rings. The van der Waals surface area contributed by atoms with Gasteiger partial charge in [0.05, 0.1) is 12.2 Å². The van der Waals surface area contributed by atoms with Crippen LogP contribution in [0.3, 0.4) is 0 Å². The van der Waals surface area contributed by atoms with Crippen LogP contribution < -0.4 is 4.31 Å². The van der Waals surface area contributed by atoms with Gasteiger partial charge in [-0.05, 0) is 23.8 Å². The van der Waals surface area contributed by atoms with Gasteiger partial charge in [0.2, 0.25) is 10.0 Å². The van der Waals surface area contributed by atoms with Crippen molar-refractivity contribution < 1.29 is 21.6 Å². The first-order valence-electron chi connectivity index (χ1n) is 6.29. The average Bonchev–Trinajstić information content (AvgIpc) is 2.44. The normalized spacial score (nSPS) is 12.1.